The Kier molecular flexibility index (Phi) is 8.10. The first kappa shape index (κ1) is 27.2. The number of nitrogens with one attached hydrogen (secondary N) is 2. The van der Waals surface area contributed by atoms with E-state index in [-0.39, 0.29) is 17.9 Å². The van der Waals surface area contributed by atoms with Crippen molar-refractivity contribution < 1.29 is 31.5 Å². The highest BCUT2D eigenvalue weighted by molar-refractivity contribution is 6.07. The SMILES string of the molecule is CN1CCC[C@H]1COc1cc(CNc2ncccc2C(=O)Nc2ccccc2C(F)(F)C(F)(F)F)ccn1. The molecule has 4 rings (SSSR count). The second-order valence-electron chi connectivity index (χ2n) is 8.91. The van der Waals surface area contributed by atoms with Gasteiger partial charge in [0.2, 0.25) is 5.88 Å². The molecule has 1 fully saturated rings. The highest BCUT2D eigenvalue weighted by atomic mass is 19.4. The zero-order chi connectivity index (χ0) is 27.3. The highest BCUT2D eigenvalue weighted by Gasteiger charge is 2.59. The molecule has 1 aliphatic rings. The summed E-state index contributed by atoms with van der Waals surface area (Å²) in [7, 11) is 2.05. The third-order valence-corrected chi connectivity index (χ3v) is 6.28. The number of hydrogen-bond donors (Lipinski definition) is 2. The number of nitrogens with zero attached hydrogens (tertiary/aromatic N) is 3. The maximum atomic E-state index is 14.0. The average Bonchev–Trinajstić information content (AvgIpc) is 3.30. The smallest absolute Gasteiger partial charge is 0.458 e. The summed E-state index contributed by atoms with van der Waals surface area (Å²) in [6.07, 6.45) is -0.633. The lowest BCUT2D eigenvalue weighted by Crippen LogP contribution is -2.34. The van der Waals surface area contributed by atoms with E-state index in [0.717, 1.165) is 37.1 Å². The summed E-state index contributed by atoms with van der Waals surface area (Å²) in [5, 5.41) is 5.17. The molecule has 202 valence electrons. The number of likely N-dealkylation sites (tertiary alicyclic amines) is 1. The minimum atomic E-state index is -5.82. The van der Waals surface area contributed by atoms with Gasteiger partial charge in [0.25, 0.3) is 5.91 Å². The van der Waals surface area contributed by atoms with Crippen LogP contribution in [0.4, 0.5) is 33.5 Å². The van der Waals surface area contributed by atoms with Gasteiger partial charge in [-0.1, -0.05) is 18.2 Å². The molecule has 1 amide bonds. The van der Waals surface area contributed by atoms with E-state index in [2.05, 4.69) is 32.5 Å². The fourth-order valence-corrected chi connectivity index (χ4v) is 4.13. The third kappa shape index (κ3) is 6.18. The van der Waals surface area contributed by atoms with Crippen molar-refractivity contribution in [3.63, 3.8) is 0 Å². The summed E-state index contributed by atoms with van der Waals surface area (Å²) in [6.45, 7) is 1.77. The number of likely N-dealkylation sites (N-methyl/N-ethyl adjacent to an activating group) is 1. The number of halogens is 5. The molecule has 38 heavy (non-hydrogen) atoms. The molecule has 0 radical (unpaired) electrons. The lowest BCUT2D eigenvalue weighted by Gasteiger charge is -2.22. The zero-order valence-electron chi connectivity index (χ0n) is 20.4. The molecule has 3 aromatic rings. The number of aromatic nitrogens is 2. The average molecular weight is 536 g/mol. The number of benzene rings is 1. The van der Waals surface area contributed by atoms with Crippen LogP contribution in [0.2, 0.25) is 0 Å². The third-order valence-electron chi connectivity index (χ3n) is 6.28. The lowest BCUT2D eigenvalue weighted by atomic mass is 10.1. The van der Waals surface area contributed by atoms with Crippen LogP contribution in [0.25, 0.3) is 0 Å². The number of hydrogen-bond acceptors (Lipinski definition) is 6. The summed E-state index contributed by atoms with van der Waals surface area (Å²) in [5.74, 6) is -5.48. The topological polar surface area (TPSA) is 79.4 Å². The van der Waals surface area contributed by atoms with E-state index in [4.69, 9.17) is 4.74 Å². The van der Waals surface area contributed by atoms with E-state index in [1.807, 2.05) is 0 Å². The van der Waals surface area contributed by atoms with Gasteiger partial charge in [-0.3, -0.25) is 4.79 Å². The van der Waals surface area contributed by atoms with Crippen molar-refractivity contribution in [3.05, 3.63) is 77.6 Å². The molecule has 1 atom stereocenters. The Bertz CT molecular complexity index is 1270. The molecule has 0 spiro atoms. The van der Waals surface area contributed by atoms with E-state index in [9.17, 15) is 26.7 Å². The van der Waals surface area contributed by atoms with E-state index >= 15 is 0 Å². The number of amides is 1. The van der Waals surface area contributed by atoms with Crippen molar-refractivity contribution in [1.82, 2.24) is 14.9 Å². The number of para-hydroxylation sites is 1. The molecule has 3 heterocycles. The fourth-order valence-electron chi connectivity index (χ4n) is 4.13. The van der Waals surface area contributed by atoms with Gasteiger partial charge in [-0.15, -0.1) is 0 Å². The fraction of sp³-hybridized carbons (Fsp3) is 0.346. The standard InChI is InChI=1S/C26H26F5N5O2/c1-36-13-5-6-18(36)16-38-22-14-17(10-12-32-22)15-34-23-19(7-4-11-33-23)24(37)35-21-9-3-2-8-20(21)25(27,28)26(29,30)31/h2-4,7-12,14,18H,5-6,13,15-16H2,1H3,(H,33,34)(H,35,37)/t18-/m0/s1. The second-order valence-corrected chi connectivity index (χ2v) is 8.91. The Morgan fingerprint density at radius 2 is 1.87 bits per heavy atom. The van der Waals surface area contributed by atoms with E-state index in [0.29, 0.717) is 24.6 Å². The number of carbonyl (C=O) groups is 1. The van der Waals surface area contributed by atoms with Gasteiger partial charge >= 0.3 is 12.1 Å². The molecular formula is C26H26F5N5O2. The number of alkyl halides is 5. The molecule has 0 unspecified atom stereocenters. The van der Waals surface area contributed by atoms with E-state index in [1.54, 1.807) is 18.3 Å². The summed E-state index contributed by atoms with van der Waals surface area (Å²) >= 11 is 0. The van der Waals surface area contributed by atoms with Crippen LogP contribution in [0.15, 0.2) is 60.9 Å². The molecule has 1 aromatic carbocycles. The number of rotatable bonds is 9. The van der Waals surface area contributed by atoms with Crippen LogP contribution in [0, 0.1) is 0 Å². The van der Waals surface area contributed by atoms with Gasteiger partial charge in [0, 0.05) is 31.0 Å². The minimum absolute atomic E-state index is 0.0348. The van der Waals surface area contributed by atoms with Gasteiger partial charge in [-0.05, 0) is 56.3 Å². The van der Waals surface area contributed by atoms with Gasteiger partial charge in [0.05, 0.1) is 16.8 Å². The Hall–Kier alpha value is -3.80. The van der Waals surface area contributed by atoms with Crippen LogP contribution in [0.5, 0.6) is 5.88 Å². The second kappa shape index (κ2) is 11.3. The van der Waals surface area contributed by atoms with Crippen LogP contribution in [-0.4, -0.2) is 53.2 Å². The van der Waals surface area contributed by atoms with Crippen LogP contribution in [0.3, 0.4) is 0 Å². The molecule has 0 aliphatic carbocycles. The van der Waals surface area contributed by atoms with Gasteiger partial charge < -0.3 is 20.3 Å². The molecule has 1 aliphatic heterocycles. The Labute approximate surface area is 216 Å². The largest absolute Gasteiger partial charge is 0.476 e. The predicted molar refractivity (Wildman–Crippen MR) is 131 cm³/mol. The van der Waals surface area contributed by atoms with Crippen LogP contribution in [-0.2, 0) is 12.5 Å². The molecule has 12 heteroatoms. The van der Waals surface area contributed by atoms with Gasteiger partial charge in [-0.2, -0.15) is 22.0 Å². The van der Waals surface area contributed by atoms with Crippen molar-refractivity contribution in [2.24, 2.45) is 0 Å². The first-order valence-electron chi connectivity index (χ1n) is 11.9. The number of carbonyl (C=O) groups excluding carboxylic acids is 1. The molecule has 0 bridgehead atoms. The Morgan fingerprint density at radius 1 is 1.08 bits per heavy atom. The van der Waals surface area contributed by atoms with Crippen molar-refractivity contribution in [2.45, 2.75) is 37.5 Å². The van der Waals surface area contributed by atoms with Crippen LogP contribution in [0.1, 0.15) is 34.3 Å². The molecule has 7 nitrogen and oxygen atoms in total. The maximum Gasteiger partial charge on any atom is 0.458 e. The van der Waals surface area contributed by atoms with E-state index in [1.165, 1.54) is 24.4 Å². The number of ether oxygens (including phenoxy) is 1. The summed E-state index contributed by atoms with van der Waals surface area (Å²) in [4.78, 5) is 23.5. The summed E-state index contributed by atoms with van der Waals surface area (Å²) in [5.41, 5.74) is -1.26. The van der Waals surface area contributed by atoms with Crippen molar-refractivity contribution in [2.75, 3.05) is 30.8 Å². The van der Waals surface area contributed by atoms with Crippen LogP contribution < -0.4 is 15.4 Å². The van der Waals surface area contributed by atoms with Gasteiger partial charge in [0.1, 0.15) is 12.4 Å². The molecule has 0 saturated carbocycles. The van der Waals surface area contributed by atoms with Crippen molar-refractivity contribution in [3.8, 4) is 5.88 Å². The normalized spacial score (nSPS) is 16.3. The minimum Gasteiger partial charge on any atom is -0.476 e. The number of anilines is 2. The predicted octanol–water partition coefficient (Wildman–Crippen LogP) is 5.47. The molecular weight excluding hydrogens is 509 g/mol. The zero-order valence-corrected chi connectivity index (χ0v) is 20.4. The summed E-state index contributed by atoms with van der Waals surface area (Å²) < 4.78 is 72.8. The first-order valence-corrected chi connectivity index (χ1v) is 11.9. The van der Waals surface area contributed by atoms with Gasteiger partial charge in [-0.25, -0.2) is 9.97 Å². The summed E-state index contributed by atoms with van der Waals surface area (Å²) in [6, 6.07) is 10.6. The quantitative estimate of drug-likeness (QED) is 0.354. The molecule has 1 saturated heterocycles. The van der Waals surface area contributed by atoms with E-state index < -0.39 is 29.3 Å². The Morgan fingerprint density at radius 3 is 2.61 bits per heavy atom. The van der Waals surface area contributed by atoms with Crippen molar-refractivity contribution in [1.29, 1.82) is 0 Å². The van der Waals surface area contributed by atoms with Crippen LogP contribution >= 0.6 is 0 Å². The first-order chi connectivity index (χ1) is 18.1. The number of pyridine rings is 2. The Balaban J connectivity index is 1.45. The molecule has 2 N–H and O–H groups in total. The lowest BCUT2D eigenvalue weighted by molar-refractivity contribution is -0.289. The van der Waals surface area contributed by atoms with Crippen molar-refractivity contribution >= 4 is 17.4 Å². The maximum absolute atomic E-state index is 14.0. The van der Waals surface area contributed by atoms with Gasteiger partial charge in [0.15, 0.2) is 0 Å². The highest BCUT2D eigenvalue weighted by Crippen LogP contribution is 2.46. The molecule has 2 aromatic heterocycles. The monoisotopic (exact) mass is 535 g/mol.